The maximum atomic E-state index is 13.2. The van der Waals surface area contributed by atoms with Gasteiger partial charge in [-0.15, -0.1) is 0 Å². The van der Waals surface area contributed by atoms with Crippen LogP contribution in [0.3, 0.4) is 0 Å². The lowest BCUT2D eigenvalue weighted by atomic mass is 9.81. The number of rotatable bonds is 14. The molecule has 1 saturated carbocycles. The molecule has 2 aliphatic rings. The van der Waals surface area contributed by atoms with Gasteiger partial charge in [-0.25, -0.2) is 14.5 Å². The Labute approximate surface area is 331 Å². The fraction of sp³-hybridized carbons (Fsp3) is 0.659. The normalized spacial score (nSPS) is 23.2. The van der Waals surface area contributed by atoms with Gasteiger partial charge in [-0.2, -0.15) is 0 Å². The summed E-state index contributed by atoms with van der Waals surface area (Å²) in [5.41, 5.74) is -1.13. The van der Waals surface area contributed by atoms with Crippen LogP contribution >= 0.6 is 0 Å². The Bertz CT molecular complexity index is 1540. The van der Waals surface area contributed by atoms with Gasteiger partial charge in [0.1, 0.15) is 11.2 Å². The third-order valence-electron chi connectivity index (χ3n) is 10.4. The second kappa shape index (κ2) is 16.7. The molecule has 1 aliphatic heterocycles. The molecule has 1 saturated heterocycles. The van der Waals surface area contributed by atoms with Gasteiger partial charge in [-0.3, -0.25) is 4.99 Å². The van der Waals surface area contributed by atoms with Crippen molar-refractivity contribution in [2.75, 3.05) is 19.8 Å². The molecule has 0 spiro atoms. The van der Waals surface area contributed by atoms with E-state index in [2.05, 4.69) is 79.7 Å². The van der Waals surface area contributed by atoms with Gasteiger partial charge < -0.3 is 28.3 Å². The summed E-state index contributed by atoms with van der Waals surface area (Å²) in [7, 11) is -0.276. The van der Waals surface area contributed by atoms with Gasteiger partial charge >= 0.3 is 19.3 Å². The Balaban J connectivity index is 1.66. The molecule has 2 aromatic carbocycles. The first kappa shape index (κ1) is 44.5. The average molecular weight is 763 g/mol. The molecule has 10 nitrogen and oxygen atoms in total. The molecule has 0 N–H and O–H groups in total. The van der Waals surface area contributed by atoms with Crippen LogP contribution in [0, 0.1) is 5.41 Å². The van der Waals surface area contributed by atoms with Crippen molar-refractivity contribution in [1.82, 2.24) is 4.90 Å². The average Bonchev–Trinajstić information content (AvgIpc) is 3.41. The minimum Gasteiger partial charge on any atom is -0.443 e. The lowest BCUT2D eigenvalue weighted by Crippen LogP contribution is -2.45. The summed E-state index contributed by atoms with van der Waals surface area (Å²) >= 11 is 0. The highest BCUT2D eigenvalue weighted by Crippen LogP contribution is 2.64. The van der Waals surface area contributed by atoms with Gasteiger partial charge in [0.2, 0.25) is 0 Å². The molecular formula is C44H67BN2O8. The van der Waals surface area contributed by atoms with Gasteiger partial charge in [0.15, 0.2) is 0 Å². The van der Waals surface area contributed by atoms with E-state index in [4.69, 9.17) is 33.2 Å². The predicted molar refractivity (Wildman–Crippen MR) is 219 cm³/mol. The minimum absolute atomic E-state index is 0.0473. The van der Waals surface area contributed by atoms with Gasteiger partial charge in [0, 0.05) is 16.5 Å². The summed E-state index contributed by atoms with van der Waals surface area (Å²) in [5, 5.41) is 0. The smallest absolute Gasteiger partial charge is 0.443 e. The van der Waals surface area contributed by atoms with Crippen molar-refractivity contribution in [1.29, 1.82) is 0 Å². The standard InChI is InChI=1S/C44H67BN2O8/c1-38(2,3)51-35-43(14,31-50-30-29-47(36(48)52-39(4,5)6)37(49)53-40(7,8)9)44(35,27-21-22-28-45-54-41(10,11)42(12,13)55-45)46-34(32-23-17-15-18-24-32)33-25-19-16-20-26-33/h15-20,23-26,35H,21-22,27-31H2,1-14H3. The van der Waals surface area contributed by atoms with Gasteiger partial charge in [-0.1, -0.05) is 80.4 Å². The Morgan fingerprint density at radius 2 is 1.20 bits per heavy atom. The molecule has 2 fully saturated rings. The zero-order valence-corrected chi connectivity index (χ0v) is 36.0. The van der Waals surface area contributed by atoms with E-state index in [-0.39, 0.29) is 44.2 Å². The Morgan fingerprint density at radius 1 is 0.727 bits per heavy atom. The summed E-state index contributed by atoms with van der Waals surface area (Å²) in [5.74, 6) is 0. The van der Waals surface area contributed by atoms with E-state index in [0.717, 1.165) is 47.3 Å². The fourth-order valence-corrected chi connectivity index (χ4v) is 6.94. The predicted octanol–water partition coefficient (Wildman–Crippen LogP) is 9.92. The molecule has 2 amide bonds. The molecule has 11 heteroatoms. The number of benzene rings is 2. The highest BCUT2D eigenvalue weighted by molar-refractivity contribution is 6.45. The SMILES string of the molecule is CC(C)(C)OC(=O)N(CCOCC1(C)C(OC(C)(C)C)C1(CCCCB1OC(C)(C)C(C)(C)O1)N=C(c1ccccc1)c1ccccc1)C(=O)OC(C)(C)C. The number of nitrogens with zero attached hydrogens (tertiary/aromatic N) is 2. The number of carbonyl (C=O) groups excluding carboxylic acids is 2. The van der Waals surface area contributed by atoms with E-state index in [1.807, 2.05) is 36.4 Å². The van der Waals surface area contributed by atoms with Crippen molar-refractivity contribution in [3.63, 3.8) is 0 Å². The van der Waals surface area contributed by atoms with Crippen LogP contribution in [0.2, 0.25) is 6.32 Å². The molecule has 304 valence electrons. The fourth-order valence-electron chi connectivity index (χ4n) is 6.94. The summed E-state index contributed by atoms with van der Waals surface area (Å²) in [6, 6.07) is 20.5. The minimum atomic E-state index is -0.799. The topological polar surface area (TPSA) is 105 Å². The highest BCUT2D eigenvalue weighted by Gasteiger charge is 2.76. The van der Waals surface area contributed by atoms with Gasteiger partial charge in [-0.05, 0) is 103 Å². The number of hydrogen-bond donors (Lipinski definition) is 0. The van der Waals surface area contributed by atoms with Crippen molar-refractivity contribution < 1.29 is 37.8 Å². The molecule has 2 aromatic rings. The van der Waals surface area contributed by atoms with Crippen molar-refractivity contribution in [3.05, 3.63) is 71.8 Å². The van der Waals surface area contributed by atoms with E-state index in [9.17, 15) is 9.59 Å². The van der Waals surface area contributed by atoms with E-state index in [0.29, 0.717) is 0 Å². The third kappa shape index (κ3) is 11.4. The third-order valence-corrected chi connectivity index (χ3v) is 10.4. The van der Waals surface area contributed by atoms with Crippen LogP contribution in [-0.2, 0) is 28.3 Å². The molecule has 3 unspecified atom stereocenters. The first-order valence-corrected chi connectivity index (χ1v) is 19.8. The van der Waals surface area contributed by atoms with Crippen molar-refractivity contribution in [3.8, 4) is 0 Å². The molecule has 1 aliphatic carbocycles. The zero-order valence-electron chi connectivity index (χ0n) is 36.0. The molecule has 0 bridgehead atoms. The van der Waals surface area contributed by atoms with E-state index in [1.165, 1.54) is 0 Å². The summed E-state index contributed by atoms with van der Waals surface area (Å²) < 4.78 is 37.1. The first-order chi connectivity index (χ1) is 25.3. The highest BCUT2D eigenvalue weighted by atomic mass is 16.7. The van der Waals surface area contributed by atoms with Crippen LogP contribution in [-0.4, -0.2) is 89.3 Å². The molecule has 4 rings (SSSR count). The Hall–Kier alpha value is -3.25. The van der Waals surface area contributed by atoms with Crippen LogP contribution in [0.15, 0.2) is 65.7 Å². The summed E-state index contributed by atoms with van der Waals surface area (Å²) in [4.78, 5) is 33.1. The van der Waals surface area contributed by atoms with E-state index < -0.39 is 39.9 Å². The second-order valence-corrected chi connectivity index (χ2v) is 19.2. The number of imide groups is 1. The molecule has 3 atom stereocenters. The first-order valence-electron chi connectivity index (χ1n) is 19.8. The molecule has 1 heterocycles. The molecule has 55 heavy (non-hydrogen) atoms. The lowest BCUT2D eigenvalue weighted by molar-refractivity contribution is -0.0460. The number of aliphatic imine (C=N–C) groups is 1. The van der Waals surface area contributed by atoms with Crippen LogP contribution < -0.4 is 0 Å². The van der Waals surface area contributed by atoms with E-state index >= 15 is 0 Å². The second-order valence-electron chi connectivity index (χ2n) is 19.2. The quantitative estimate of drug-likeness (QED) is 0.106. The monoisotopic (exact) mass is 762 g/mol. The molecule has 0 aromatic heterocycles. The maximum absolute atomic E-state index is 13.2. The van der Waals surface area contributed by atoms with Gasteiger partial charge in [0.05, 0.1) is 53.9 Å². The molecule has 0 radical (unpaired) electrons. The van der Waals surface area contributed by atoms with Crippen molar-refractivity contribution in [2.24, 2.45) is 10.4 Å². The number of unbranched alkanes of at least 4 members (excludes halogenated alkanes) is 1. The maximum Gasteiger partial charge on any atom is 0.457 e. The summed E-state index contributed by atoms with van der Waals surface area (Å²) in [6.45, 7) is 27.5. The Kier molecular flexibility index (Phi) is 13.5. The zero-order chi connectivity index (χ0) is 41.1. The number of amides is 2. The van der Waals surface area contributed by atoms with Gasteiger partial charge in [0.25, 0.3) is 0 Å². The lowest BCUT2D eigenvalue weighted by Gasteiger charge is -2.32. The number of ether oxygens (including phenoxy) is 4. The number of carbonyl (C=O) groups is 2. The van der Waals surface area contributed by atoms with Crippen LogP contribution in [0.5, 0.6) is 0 Å². The van der Waals surface area contributed by atoms with E-state index in [1.54, 1.807) is 41.5 Å². The Morgan fingerprint density at radius 3 is 1.64 bits per heavy atom. The van der Waals surface area contributed by atoms with Crippen LogP contribution in [0.4, 0.5) is 9.59 Å². The molecular weight excluding hydrogens is 695 g/mol. The van der Waals surface area contributed by atoms with Crippen LogP contribution in [0.25, 0.3) is 0 Å². The van der Waals surface area contributed by atoms with Crippen LogP contribution in [0.1, 0.15) is 127 Å². The van der Waals surface area contributed by atoms with Crippen molar-refractivity contribution >= 4 is 25.0 Å². The van der Waals surface area contributed by atoms with Crippen molar-refractivity contribution in [2.45, 2.75) is 162 Å². The number of hydrogen-bond acceptors (Lipinski definition) is 9. The summed E-state index contributed by atoms with van der Waals surface area (Å²) in [6.07, 6.45) is 1.38. The largest absolute Gasteiger partial charge is 0.457 e.